The van der Waals surface area contributed by atoms with Crippen LogP contribution in [0.25, 0.3) is 0 Å². The number of sulfonamides is 1. The second kappa shape index (κ2) is 16.6. The predicted molar refractivity (Wildman–Crippen MR) is 180 cm³/mol. The molecule has 3 aliphatic rings. The summed E-state index contributed by atoms with van der Waals surface area (Å²) in [4.78, 5) is 15.8. The first-order valence-electron chi connectivity index (χ1n) is 17.1. The summed E-state index contributed by atoms with van der Waals surface area (Å²) in [6, 6.07) is 14.9. The van der Waals surface area contributed by atoms with Crippen molar-refractivity contribution < 1.29 is 27.4 Å². The summed E-state index contributed by atoms with van der Waals surface area (Å²) >= 11 is 0. The highest BCUT2D eigenvalue weighted by Gasteiger charge is 2.34. The molecule has 2 aliphatic heterocycles. The van der Waals surface area contributed by atoms with Gasteiger partial charge in [-0.3, -0.25) is 9.69 Å². The molecular weight excluding hydrogens is 602 g/mol. The van der Waals surface area contributed by atoms with E-state index < -0.39 is 10.0 Å². The highest BCUT2D eigenvalue weighted by molar-refractivity contribution is 7.89. The van der Waals surface area contributed by atoms with Crippen LogP contribution in [0.3, 0.4) is 0 Å². The largest absolute Gasteiger partial charge is 0.497 e. The average Bonchev–Trinajstić information content (AvgIpc) is 3.07. The smallest absolute Gasteiger partial charge is 0.246 e. The molecular formula is C36H53N3O6S. The first-order valence-corrected chi connectivity index (χ1v) is 18.6. The number of amides is 1. The van der Waals surface area contributed by atoms with Gasteiger partial charge in [0.1, 0.15) is 12.4 Å². The molecule has 2 aromatic rings. The molecule has 1 N–H and O–H groups in total. The molecule has 2 saturated heterocycles. The zero-order valence-corrected chi connectivity index (χ0v) is 28.7. The van der Waals surface area contributed by atoms with E-state index in [1.54, 1.807) is 33.1 Å². The van der Waals surface area contributed by atoms with E-state index in [1.165, 1.54) is 29.1 Å². The fourth-order valence-corrected chi connectivity index (χ4v) is 9.61. The molecule has 0 aromatic heterocycles. The van der Waals surface area contributed by atoms with Gasteiger partial charge >= 0.3 is 0 Å². The van der Waals surface area contributed by atoms with Crippen molar-refractivity contribution in [1.82, 2.24) is 14.5 Å². The third-order valence-corrected chi connectivity index (χ3v) is 12.3. The van der Waals surface area contributed by atoms with Crippen LogP contribution in [0.1, 0.15) is 61.6 Å². The molecule has 9 nitrogen and oxygen atoms in total. The van der Waals surface area contributed by atoms with Crippen molar-refractivity contribution in [3.8, 4) is 5.75 Å². The third-order valence-electron chi connectivity index (χ3n) is 10.2. The molecule has 1 aliphatic carbocycles. The van der Waals surface area contributed by atoms with Crippen molar-refractivity contribution in [3.63, 3.8) is 0 Å². The van der Waals surface area contributed by atoms with Crippen molar-refractivity contribution in [2.45, 2.75) is 82.3 Å². The van der Waals surface area contributed by atoms with E-state index in [-0.39, 0.29) is 25.2 Å². The lowest BCUT2D eigenvalue weighted by Gasteiger charge is -2.42. The average molecular weight is 656 g/mol. The van der Waals surface area contributed by atoms with E-state index in [9.17, 15) is 13.2 Å². The molecule has 10 heteroatoms. The molecule has 254 valence electrons. The topological polar surface area (TPSA) is 97.4 Å². The first-order chi connectivity index (χ1) is 22.2. The number of benzene rings is 2. The van der Waals surface area contributed by atoms with Crippen LogP contribution in [0.2, 0.25) is 0 Å². The summed E-state index contributed by atoms with van der Waals surface area (Å²) in [6.45, 7) is 8.58. The van der Waals surface area contributed by atoms with Crippen LogP contribution >= 0.6 is 0 Å². The number of methoxy groups -OCH3 is 1. The number of carbonyl (C=O) groups is 1. The van der Waals surface area contributed by atoms with Gasteiger partial charge in [0.25, 0.3) is 0 Å². The zero-order valence-electron chi connectivity index (χ0n) is 27.9. The number of piperidine rings is 1. The van der Waals surface area contributed by atoms with E-state index in [1.807, 2.05) is 0 Å². The van der Waals surface area contributed by atoms with E-state index in [0.29, 0.717) is 59.2 Å². The SMILES string of the molecule is COc1cc(C)c(S(=O)(=O)N2CCCC(OCC(=O)NCC3CCC(C(CCc4ccccc4)N4CCOCC4)CC3)C2)c(C)c1. The second-order valence-electron chi connectivity index (χ2n) is 13.4. The fraction of sp³-hybridized carbons (Fsp3) is 0.639. The maximum absolute atomic E-state index is 13.6. The Morgan fingerprint density at radius 1 is 1.00 bits per heavy atom. The van der Waals surface area contributed by atoms with Crippen molar-refractivity contribution in [2.24, 2.45) is 11.8 Å². The highest BCUT2D eigenvalue weighted by atomic mass is 32.2. The minimum absolute atomic E-state index is 0.0485. The number of hydrogen-bond donors (Lipinski definition) is 1. The van der Waals surface area contributed by atoms with Crippen LogP contribution in [0.5, 0.6) is 5.75 Å². The van der Waals surface area contributed by atoms with Gasteiger partial charge in [-0.1, -0.05) is 30.3 Å². The standard InChI is InChI=1S/C36H53N3O6S/c1-27-22-33(43-3)23-28(2)36(27)46(41,42)39-17-7-10-32(25-39)45-26-35(40)37-24-30-11-14-31(15-12-30)34(38-18-20-44-21-19-38)16-13-29-8-5-4-6-9-29/h4-6,8-9,22-23,30-32,34H,7,10-21,24-26H2,1-3H3,(H,37,40). The van der Waals surface area contributed by atoms with E-state index in [2.05, 4.69) is 40.5 Å². The molecule has 46 heavy (non-hydrogen) atoms. The maximum atomic E-state index is 13.6. The highest BCUT2D eigenvalue weighted by Crippen LogP contribution is 2.35. The molecule has 0 bridgehead atoms. The van der Waals surface area contributed by atoms with Crippen molar-refractivity contribution in [1.29, 1.82) is 0 Å². The number of aryl methyl sites for hydroxylation is 3. The summed E-state index contributed by atoms with van der Waals surface area (Å²) in [5.41, 5.74) is 2.73. The Labute approximate surface area is 276 Å². The van der Waals surface area contributed by atoms with Crippen LogP contribution in [0.15, 0.2) is 47.4 Å². The Hall–Kier alpha value is -2.50. The monoisotopic (exact) mass is 655 g/mol. The van der Waals surface area contributed by atoms with Crippen molar-refractivity contribution >= 4 is 15.9 Å². The summed E-state index contributed by atoms with van der Waals surface area (Å²) in [5, 5.41) is 3.10. The van der Waals surface area contributed by atoms with Gasteiger partial charge in [-0.05, 0) is 106 Å². The molecule has 3 fully saturated rings. The minimum Gasteiger partial charge on any atom is -0.497 e. The van der Waals surface area contributed by atoms with Gasteiger partial charge in [0.15, 0.2) is 0 Å². The molecule has 0 spiro atoms. The Balaban J connectivity index is 1.06. The quantitative estimate of drug-likeness (QED) is 0.333. The van der Waals surface area contributed by atoms with Crippen LogP contribution in [-0.2, 0) is 30.7 Å². The molecule has 2 aromatic carbocycles. The van der Waals surface area contributed by atoms with Gasteiger partial charge in [-0.15, -0.1) is 0 Å². The Morgan fingerprint density at radius 2 is 1.70 bits per heavy atom. The number of hydrogen-bond acceptors (Lipinski definition) is 7. The maximum Gasteiger partial charge on any atom is 0.246 e. The van der Waals surface area contributed by atoms with Gasteiger partial charge in [0.2, 0.25) is 15.9 Å². The van der Waals surface area contributed by atoms with Gasteiger partial charge in [-0.2, -0.15) is 4.31 Å². The lowest BCUT2D eigenvalue weighted by atomic mass is 9.76. The van der Waals surface area contributed by atoms with Crippen LogP contribution in [-0.4, -0.2) is 95.3 Å². The van der Waals surface area contributed by atoms with Crippen LogP contribution in [0.4, 0.5) is 0 Å². The molecule has 1 amide bonds. The Morgan fingerprint density at radius 3 is 2.37 bits per heavy atom. The summed E-state index contributed by atoms with van der Waals surface area (Å²) < 4.78 is 45.6. The zero-order chi connectivity index (χ0) is 32.5. The van der Waals surface area contributed by atoms with E-state index in [0.717, 1.165) is 52.0 Å². The normalized spacial score (nSPS) is 23.9. The van der Waals surface area contributed by atoms with E-state index >= 15 is 0 Å². The summed E-state index contributed by atoms with van der Waals surface area (Å²) in [6.07, 6.45) is 8.02. The molecule has 5 rings (SSSR count). The number of nitrogens with zero attached hydrogens (tertiary/aromatic N) is 2. The first kappa shape index (κ1) is 34.8. The third kappa shape index (κ3) is 9.10. The summed E-state index contributed by atoms with van der Waals surface area (Å²) in [7, 11) is -2.12. The molecule has 2 unspecified atom stereocenters. The second-order valence-corrected chi connectivity index (χ2v) is 15.2. The van der Waals surface area contributed by atoms with Gasteiger partial charge < -0.3 is 19.5 Å². The number of rotatable bonds is 13. The number of morpholine rings is 1. The van der Waals surface area contributed by atoms with Gasteiger partial charge in [0, 0.05) is 38.8 Å². The lowest BCUT2D eigenvalue weighted by Crippen LogP contribution is -2.48. The van der Waals surface area contributed by atoms with Crippen LogP contribution in [0, 0.1) is 25.7 Å². The summed E-state index contributed by atoms with van der Waals surface area (Å²) in [5.74, 6) is 1.67. The van der Waals surface area contributed by atoms with Crippen LogP contribution < -0.4 is 10.1 Å². The Bertz CT molecular complexity index is 1350. The van der Waals surface area contributed by atoms with Crippen molar-refractivity contribution in [3.05, 3.63) is 59.2 Å². The molecule has 2 atom stereocenters. The predicted octanol–water partition coefficient (Wildman–Crippen LogP) is 4.74. The molecule has 2 heterocycles. The van der Waals surface area contributed by atoms with Gasteiger partial charge in [-0.25, -0.2) is 8.42 Å². The fourth-order valence-electron chi connectivity index (χ4n) is 7.69. The number of carbonyl (C=O) groups excluding carboxylic acids is 1. The lowest BCUT2D eigenvalue weighted by molar-refractivity contribution is -0.128. The van der Waals surface area contributed by atoms with Crippen molar-refractivity contribution in [2.75, 3.05) is 59.7 Å². The van der Waals surface area contributed by atoms with E-state index in [4.69, 9.17) is 14.2 Å². The molecule has 1 saturated carbocycles. The minimum atomic E-state index is -3.69. The number of nitrogens with one attached hydrogen (secondary N) is 1. The Kier molecular flexibility index (Phi) is 12.5. The van der Waals surface area contributed by atoms with Gasteiger partial charge in [0.05, 0.1) is 31.3 Å². The molecule has 0 radical (unpaired) electrons. The number of ether oxygens (including phenoxy) is 3.